The molecule has 4 rings (SSSR count). The second-order valence-electron chi connectivity index (χ2n) is 6.46. The summed E-state index contributed by atoms with van der Waals surface area (Å²) in [5, 5.41) is 14.8. The molecule has 1 N–H and O–H groups in total. The van der Waals surface area contributed by atoms with Crippen LogP contribution in [0.15, 0.2) is 48.8 Å². The lowest BCUT2D eigenvalue weighted by Gasteiger charge is -2.38. The highest BCUT2D eigenvalue weighted by atomic mass is 16.2. The van der Waals surface area contributed by atoms with Gasteiger partial charge in [-0.1, -0.05) is 35.5 Å². The van der Waals surface area contributed by atoms with E-state index in [1.807, 2.05) is 30.3 Å². The molecule has 138 valence electrons. The first-order chi connectivity index (χ1) is 13.1. The van der Waals surface area contributed by atoms with Crippen LogP contribution < -0.4 is 5.32 Å². The van der Waals surface area contributed by atoms with Crippen LogP contribution >= 0.6 is 0 Å². The number of benzene rings is 1. The predicted octanol–water partition coefficient (Wildman–Crippen LogP) is 0.639. The van der Waals surface area contributed by atoms with Gasteiger partial charge in [-0.05, 0) is 11.6 Å². The normalized spacial score (nSPS) is 14.0. The van der Waals surface area contributed by atoms with E-state index in [0.29, 0.717) is 25.3 Å². The zero-order valence-corrected chi connectivity index (χ0v) is 14.8. The van der Waals surface area contributed by atoms with Gasteiger partial charge >= 0.3 is 0 Å². The van der Waals surface area contributed by atoms with Crippen LogP contribution in [0.1, 0.15) is 32.6 Å². The quantitative estimate of drug-likeness (QED) is 0.715. The monoisotopic (exact) mass is 365 g/mol. The first kappa shape index (κ1) is 17.0. The van der Waals surface area contributed by atoms with E-state index in [1.165, 1.54) is 0 Å². The van der Waals surface area contributed by atoms with Crippen LogP contribution in [0.5, 0.6) is 0 Å². The highest BCUT2D eigenvalue weighted by molar-refractivity contribution is 5.93. The summed E-state index contributed by atoms with van der Waals surface area (Å²) in [5.74, 6) is -0.334. The number of hydrogen-bond acceptors (Lipinski definition) is 5. The number of aromatic nitrogens is 5. The minimum atomic E-state index is -0.271. The smallest absolute Gasteiger partial charge is 0.273 e. The number of aryl methyl sites for hydroxylation is 1. The minimum Gasteiger partial charge on any atom is -0.347 e. The van der Waals surface area contributed by atoms with Crippen molar-refractivity contribution in [3.05, 3.63) is 65.7 Å². The van der Waals surface area contributed by atoms with Gasteiger partial charge in [0.15, 0.2) is 5.69 Å². The van der Waals surface area contributed by atoms with Crippen molar-refractivity contribution in [1.29, 1.82) is 0 Å². The standard InChI is InChI=1S/C18H19N7O2/c1-23-16(7-8-20-23)18(27)24-10-14(11-24)25-12-15(21-22-25)17(26)19-9-13-5-3-2-4-6-13/h2-8,12,14H,9-11H2,1H3,(H,19,26). The fourth-order valence-corrected chi connectivity index (χ4v) is 2.96. The van der Waals surface area contributed by atoms with Gasteiger partial charge in [0.05, 0.1) is 12.2 Å². The van der Waals surface area contributed by atoms with Crippen molar-refractivity contribution in [1.82, 2.24) is 35.0 Å². The number of carbonyl (C=O) groups is 2. The molecule has 1 aliphatic rings. The summed E-state index contributed by atoms with van der Waals surface area (Å²) < 4.78 is 3.20. The first-order valence-electron chi connectivity index (χ1n) is 8.63. The molecular formula is C18H19N7O2. The lowest BCUT2D eigenvalue weighted by Crippen LogP contribution is -2.51. The van der Waals surface area contributed by atoms with Gasteiger partial charge in [0.1, 0.15) is 5.69 Å². The molecule has 9 nitrogen and oxygen atoms in total. The maximum Gasteiger partial charge on any atom is 0.273 e. The van der Waals surface area contributed by atoms with Crippen molar-refractivity contribution in [2.24, 2.45) is 7.05 Å². The van der Waals surface area contributed by atoms with Crippen LogP contribution in [0.3, 0.4) is 0 Å². The zero-order valence-electron chi connectivity index (χ0n) is 14.8. The van der Waals surface area contributed by atoms with Crippen LogP contribution in [-0.2, 0) is 13.6 Å². The van der Waals surface area contributed by atoms with Gasteiger partial charge < -0.3 is 10.2 Å². The highest BCUT2D eigenvalue weighted by Crippen LogP contribution is 2.22. The Hall–Kier alpha value is -3.49. The van der Waals surface area contributed by atoms with E-state index in [0.717, 1.165) is 5.56 Å². The van der Waals surface area contributed by atoms with E-state index < -0.39 is 0 Å². The third-order valence-electron chi connectivity index (χ3n) is 4.60. The average molecular weight is 365 g/mol. The maximum absolute atomic E-state index is 12.4. The molecular weight excluding hydrogens is 346 g/mol. The van der Waals surface area contributed by atoms with Gasteiger partial charge in [-0.2, -0.15) is 5.10 Å². The molecule has 0 bridgehead atoms. The molecule has 0 unspecified atom stereocenters. The van der Waals surface area contributed by atoms with Crippen LogP contribution in [0, 0.1) is 0 Å². The molecule has 1 aliphatic heterocycles. The molecule has 9 heteroatoms. The molecule has 0 saturated carbocycles. The molecule has 3 heterocycles. The highest BCUT2D eigenvalue weighted by Gasteiger charge is 2.34. The zero-order chi connectivity index (χ0) is 18.8. The molecule has 1 aromatic carbocycles. The summed E-state index contributed by atoms with van der Waals surface area (Å²) in [4.78, 5) is 26.3. The van der Waals surface area contributed by atoms with Crippen molar-refractivity contribution in [2.75, 3.05) is 13.1 Å². The molecule has 0 aliphatic carbocycles. The Morgan fingerprint density at radius 2 is 1.96 bits per heavy atom. The van der Waals surface area contributed by atoms with Crippen molar-refractivity contribution in [3.8, 4) is 0 Å². The molecule has 27 heavy (non-hydrogen) atoms. The third kappa shape index (κ3) is 3.43. The Labute approximate surface area is 155 Å². The molecule has 1 fully saturated rings. The molecule has 2 aromatic heterocycles. The third-order valence-corrected chi connectivity index (χ3v) is 4.60. The summed E-state index contributed by atoms with van der Waals surface area (Å²) >= 11 is 0. The Bertz CT molecular complexity index is 957. The van der Waals surface area contributed by atoms with Crippen LogP contribution in [0.25, 0.3) is 0 Å². The average Bonchev–Trinajstić information content (AvgIpc) is 3.28. The SMILES string of the molecule is Cn1nccc1C(=O)N1CC(n2cc(C(=O)NCc3ccccc3)nn2)C1. The Morgan fingerprint density at radius 1 is 1.19 bits per heavy atom. The lowest BCUT2D eigenvalue weighted by molar-refractivity contribution is 0.0487. The van der Waals surface area contributed by atoms with E-state index in [2.05, 4.69) is 20.7 Å². The van der Waals surface area contributed by atoms with Gasteiger partial charge in [-0.25, -0.2) is 4.68 Å². The predicted molar refractivity (Wildman–Crippen MR) is 95.8 cm³/mol. The van der Waals surface area contributed by atoms with Gasteiger partial charge in [-0.3, -0.25) is 14.3 Å². The van der Waals surface area contributed by atoms with Crippen LogP contribution in [0.4, 0.5) is 0 Å². The summed E-state index contributed by atoms with van der Waals surface area (Å²) in [6.07, 6.45) is 3.22. The number of amides is 2. The summed E-state index contributed by atoms with van der Waals surface area (Å²) in [5.41, 5.74) is 1.83. The summed E-state index contributed by atoms with van der Waals surface area (Å²) in [6.45, 7) is 1.49. The Morgan fingerprint density at radius 3 is 2.67 bits per heavy atom. The number of nitrogens with zero attached hydrogens (tertiary/aromatic N) is 6. The van der Waals surface area contributed by atoms with E-state index in [1.54, 1.807) is 39.8 Å². The Balaban J connectivity index is 1.32. The van der Waals surface area contributed by atoms with Gasteiger partial charge in [0, 0.05) is 32.9 Å². The number of rotatable bonds is 5. The van der Waals surface area contributed by atoms with Crippen molar-refractivity contribution >= 4 is 11.8 Å². The summed E-state index contributed by atoms with van der Waals surface area (Å²) in [6, 6.07) is 11.4. The van der Waals surface area contributed by atoms with E-state index in [-0.39, 0.29) is 23.6 Å². The molecule has 3 aromatic rings. The fraction of sp³-hybridized carbons (Fsp3) is 0.278. The number of hydrogen-bond donors (Lipinski definition) is 1. The van der Waals surface area contributed by atoms with Crippen molar-refractivity contribution in [2.45, 2.75) is 12.6 Å². The van der Waals surface area contributed by atoms with Gasteiger partial charge in [0.25, 0.3) is 11.8 Å². The molecule has 1 saturated heterocycles. The lowest BCUT2D eigenvalue weighted by atomic mass is 10.1. The summed E-state index contributed by atoms with van der Waals surface area (Å²) in [7, 11) is 1.74. The second-order valence-corrected chi connectivity index (χ2v) is 6.46. The topological polar surface area (TPSA) is 97.9 Å². The van der Waals surface area contributed by atoms with Crippen LogP contribution in [0.2, 0.25) is 0 Å². The maximum atomic E-state index is 12.4. The number of nitrogens with one attached hydrogen (secondary N) is 1. The molecule has 0 spiro atoms. The van der Waals surface area contributed by atoms with Gasteiger partial charge in [-0.15, -0.1) is 5.10 Å². The number of carbonyl (C=O) groups excluding carboxylic acids is 2. The number of likely N-dealkylation sites (tertiary alicyclic amines) is 1. The van der Waals surface area contributed by atoms with Crippen molar-refractivity contribution in [3.63, 3.8) is 0 Å². The van der Waals surface area contributed by atoms with Gasteiger partial charge in [0.2, 0.25) is 0 Å². The van der Waals surface area contributed by atoms with E-state index in [4.69, 9.17) is 0 Å². The Kier molecular flexibility index (Phi) is 4.41. The van der Waals surface area contributed by atoms with Crippen molar-refractivity contribution < 1.29 is 9.59 Å². The molecule has 2 amide bonds. The molecule has 0 radical (unpaired) electrons. The van der Waals surface area contributed by atoms with Crippen LogP contribution in [-0.4, -0.2) is 54.6 Å². The second kappa shape index (κ2) is 7.02. The fourth-order valence-electron chi connectivity index (χ4n) is 2.96. The van der Waals surface area contributed by atoms with E-state index >= 15 is 0 Å². The largest absolute Gasteiger partial charge is 0.347 e. The first-order valence-corrected chi connectivity index (χ1v) is 8.63. The van der Waals surface area contributed by atoms with E-state index in [9.17, 15) is 9.59 Å². The molecule has 0 atom stereocenters. The minimum absolute atomic E-state index is 0.0188.